The molecule has 2 amide bonds. The largest absolute Gasteiger partial charge is 0.493 e. The van der Waals surface area contributed by atoms with Gasteiger partial charge in [-0.1, -0.05) is 30.3 Å². The summed E-state index contributed by atoms with van der Waals surface area (Å²) < 4.78 is 18.5. The average Bonchev–Trinajstić information content (AvgIpc) is 3.53. The van der Waals surface area contributed by atoms with Crippen LogP contribution in [-0.4, -0.2) is 54.3 Å². The number of rotatable bonds is 12. The second-order valence-corrected chi connectivity index (χ2v) is 11.7. The number of methoxy groups -OCH3 is 2. The van der Waals surface area contributed by atoms with Crippen LogP contribution in [0.1, 0.15) is 39.0 Å². The average molecular weight is 660 g/mol. The van der Waals surface area contributed by atoms with E-state index in [1.165, 1.54) is 31.9 Å². The van der Waals surface area contributed by atoms with Crippen LogP contribution in [0.3, 0.4) is 0 Å². The molecule has 250 valence electrons. The summed E-state index contributed by atoms with van der Waals surface area (Å²) in [5.74, 6) is -0.775. The molecule has 0 spiro atoms. The van der Waals surface area contributed by atoms with Crippen molar-refractivity contribution in [2.24, 2.45) is 0 Å². The van der Waals surface area contributed by atoms with Crippen molar-refractivity contribution in [2.75, 3.05) is 38.4 Å². The number of aromatic nitrogens is 2. The third-order valence-corrected chi connectivity index (χ3v) is 8.33. The minimum Gasteiger partial charge on any atom is -0.493 e. The highest BCUT2D eigenvalue weighted by atomic mass is 16.5. The minimum atomic E-state index is -0.702. The molecule has 2 aromatic heterocycles. The lowest BCUT2D eigenvalue weighted by Gasteiger charge is -2.17. The van der Waals surface area contributed by atoms with Gasteiger partial charge in [0.25, 0.3) is 11.8 Å². The van der Waals surface area contributed by atoms with Crippen LogP contribution in [-0.2, 0) is 19.5 Å². The van der Waals surface area contributed by atoms with E-state index in [1.54, 1.807) is 24.3 Å². The zero-order valence-electron chi connectivity index (χ0n) is 27.8. The van der Waals surface area contributed by atoms with E-state index in [2.05, 4.69) is 52.8 Å². The molecule has 0 saturated heterocycles. The molecule has 2 heterocycles. The first-order valence-electron chi connectivity index (χ1n) is 15.9. The van der Waals surface area contributed by atoms with Gasteiger partial charge < -0.3 is 29.4 Å². The fourth-order valence-corrected chi connectivity index (χ4v) is 5.72. The van der Waals surface area contributed by atoms with Gasteiger partial charge in [0.15, 0.2) is 22.7 Å². The summed E-state index contributed by atoms with van der Waals surface area (Å²) in [7, 11) is 5.01. The number of ether oxygens (including phenoxy) is 2. The summed E-state index contributed by atoms with van der Waals surface area (Å²) in [5, 5.41) is 11.5. The Morgan fingerprint density at radius 3 is 2.37 bits per heavy atom. The number of fused-ring (bicyclic) bond motifs is 2. The van der Waals surface area contributed by atoms with Gasteiger partial charge in [0.1, 0.15) is 5.58 Å². The Labute approximate surface area is 283 Å². The second-order valence-electron chi connectivity index (χ2n) is 11.7. The van der Waals surface area contributed by atoms with Crippen LogP contribution in [0.4, 0.5) is 11.4 Å². The Balaban J connectivity index is 1.12. The molecular weight excluding hydrogens is 622 g/mol. The van der Waals surface area contributed by atoms with Gasteiger partial charge in [-0.3, -0.25) is 19.1 Å². The maximum absolute atomic E-state index is 13.6. The smallest absolute Gasteiger partial charge is 0.291 e. The summed E-state index contributed by atoms with van der Waals surface area (Å²) in [4.78, 5) is 41.7. The first-order chi connectivity index (χ1) is 23.8. The molecule has 6 aromatic rings. The maximum atomic E-state index is 13.6. The molecule has 0 bridgehead atoms. The van der Waals surface area contributed by atoms with Crippen LogP contribution in [0.25, 0.3) is 21.9 Å². The van der Waals surface area contributed by atoms with Crippen molar-refractivity contribution in [3.05, 3.63) is 124 Å². The monoisotopic (exact) mass is 659 g/mol. The van der Waals surface area contributed by atoms with E-state index in [-0.39, 0.29) is 28.0 Å². The highest BCUT2D eigenvalue weighted by molar-refractivity contribution is 6.12. The molecule has 4 aromatic carbocycles. The van der Waals surface area contributed by atoms with Gasteiger partial charge in [-0.15, -0.1) is 0 Å². The van der Waals surface area contributed by atoms with E-state index < -0.39 is 11.8 Å². The molecule has 0 radical (unpaired) electrons. The van der Waals surface area contributed by atoms with E-state index >= 15 is 0 Å². The van der Waals surface area contributed by atoms with Crippen LogP contribution in [0.15, 0.2) is 100 Å². The van der Waals surface area contributed by atoms with E-state index in [9.17, 15) is 14.4 Å². The number of carbonyl (C=O) groups excluding carboxylic acids is 2. The zero-order chi connectivity index (χ0) is 34.5. The fourth-order valence-electron chi connectivity index (χ4n) is 5.72. The Morgan fingerprint density at radius 2 is 1.61 bits per heavy atom. The highest BCUT2D eigenvalue weighted by Crippen LogP contribution is 2.34. The standard InChI is InChI=1S/C38H37N5O6/c1-5-43-31-15-12-25(18-26(31)22-39-43)23-42(2)17-16-24-10-13-27(14-11-24)40-37(45)29-19-34(47-3)35(48-4)20-30(29)41-38(46)36-21-32(44)28-8-6-7-9-33(28)49-36/h6-15,18-22H,5,16-17,23H2,1-4H3,(H,40,45)(H,41,46). The third-order valence-electron chi connectivity index (χ3n) is 8.33. The van der Waals surface area contributed by atoms with Crippen LogP contribution in [0.2, 0.25) is 0 Å². The van der Waals surface area contributed by atoms with Gasteiger partial charge in [-0.25, -0.2) is 0 Å². The maximum Gasteiger partial charge on any atom is 0.291 e. The number of hydrogen-bond donors (Lipinski definition) is 2. The lowest BCUT2D eigenvalue weighted by atomic mass is 10.1. The molecule has 11 nitrogen and oxygen atoms in total. The number of carbonyl (C=O) groups is 2. The van der Waals surface area contributed by atoms with E-state index in [4.69, 9.17) is 13.9 Å². The molecule has 0 saturated carbocycles. The Kier molecular flexibility index (Phi) is 9.72. The highest BCUT2D eigenvalue weighted by Gasteiger charge is 2.21. The number of nitrogens with one attached hydrogen (secondary N) is 2. The Bertz CT molecular complexity index is 2210. The molecule has 6 rings (SSSR count). The zero-order valence-corrected chi connectivity index (χ0v) is 27.8. The van der Waals surface area contributed by atoms with Gasteiger partial charge in [0.05, 0.1) is 42.6 Å². The number of anilines is 2. The number of nitrogens with zero attached hydrogens (tertiary/aromatic N) is 3. The molecule has 49 heavy (non-hydrogen) atoms. The number of benzene rings is 4. The summed E-state index contributed by atoms with van der Waals surface area (Å²) in [5.41, 5.74) is 4.27. The first-order valence-corrected chi connectivity index (χ1v) is 15.9. The normalized spacial score (nSPS) is 11.2. The Morgan fingerprint density at radius 1 is 0.878 bits per heavy atom. The molecule has 0 aliphatic rings. The van der Waals surface area contributed by atoms with Crippen LogP contribution in [0.5, 0.6) is 11.5 Å². The van der Waals surface area contributed by atoms with Crippen molar-refractivity contribution in [2.45, 2.75) is 26.4 Å². The van der Waals surface area contributed by atoms with Crippen molar-refractivity contribution in [3.8, 4) is 11.5 Å². The molecule has 0 aliphatic carbocycles. The quantitative estimate of drug-likeness (QED) is 0.155. The molecule has 0 aliphatic heterocycles. The van der Waals surface area contributed by atoms with Crippen LogP contribution < -0.4 is 25.5 Å². The van der Waals surface area contributed by atoms with Gasteiger partial charge >= 0.3 is 0 Å². The second kappa shape index (κ2) is 14.4. The minimum absolute atomic E-state index is 0.125. The third kappa shape index (κ3) is 7.31. The molecule has 0 unspecified atom stereocenters. The topological polar surface area (TPSA) is 128 Å². The summed E-state index contributed by atoms with van der Waals surface area (Å²) >= 11 is 0. The lowest BCUT2D eigenvalue weighted by molar-refractivity contribution is 0.0997. The van der Waals surface area contributed by atoms with Gasteiger partial charge in [-0.05, 0) is 74.0 Å². The van der Waals surface area contributed by atoms with Crippen molar-refractivity contribution < 1.29 is 23.5 Å². The van der Waals surface area contributed by atoms with Gasteiger partial charge in [0.2, 0.25) is 0 Å². The predicted molar refractivity (Wildman–Crippen MR) is 190 cm³/mol. The number of para-hydroxylation sites is 1. The van der Waals surface area contributed by atoms with E-state index in [1.807, 2.05) is 35.1 Å². The molecule has 11 heteroatoms. The number of likely N-dealkylation sites (N-methyl/N-ethyl adjacent to an activating group) is 1. The van der Waals surface area contributed by atoms with Gasteiger partial charge in [0, 0.05) is 42.8 Å². The van der Waals surface area contributed by atoms with Crippen LogP contribution >= 0.6 is 0 Å². The number of amides is 2. The van der Waals surface area contributed by atoms with Gasteiger partial charge in [-0.2, -0.15) is 5.10 Å². The van der Waals surface area contributed by atoms with Crippen molar-refractivity contribution >= 4 is 45.1 Å². The number of hydrogen-bond acceptors (Lipinski definition) is 8. The van der Waals surface area contributed by atoms with Crippen molar-refractivity contribution in [3.63, 3.8) is 0 Å². The fraction of sp³-hybridized carbons (Fsp3) is 0.211. The van der Waals surface area contributed by atoms with Crippen molar-refractivity contribution in [1.29, 1.82) is 0 Å². The Hall–Kier alpha value is -5.94. The van der Waals surface area contributed by atoms with Crippen molar-refractivity contribution in [1.82, 2.24) is 14.7 Å². The summed E-state index contributed by atoms with van der Waals surface area (Å²) in [6.07, 6.45) is 2.74. The number of aryl methyl sites for hydroxylation is 1. The molecule has 0 atom stereocenters. The van der Waals surface area contributed by atoms with E-state index in [0.717, 1.165) is 48.6 Å². The molecule has 0 fully saturated rings. The SMILES string of the molecule is CCn1ncc2cc(CN(C)CCc3ccc(NC(=O)c4cc(OC)c(OC)cc4NC(=O)c4cc(=O)c5ccccc5o4)cc3)ccc21. The first kappa shape index (κ1) is 33.0. The molecule has 2 N–H and O–H groups in total. The lowest BCUT2D eigenvalue weighted by Crippen LogP contribution is -2.21. The molecular formula is C38H37N5O6. The van der Waals surface area contributed by atoms with Crippen LogP contribution in [0, 0.1) is 0 Å². The predicted octanol–water partition coefficient (Wildman–Crippen LogP) is 6.36. The summed E-state index contributed by atoms with van der Waals surface area (Å²) in [6.45, 7) is 4.60. The van der Waals surface area contributed by atoms with E-state index in [0.29, 0.717) is 22.6 Å². The summed E-state index contributed by atoms with van der Waals surface area (Å²) in [6, 6.07) is 24.9.